The van der Waals surface area contributed by atoms with Gasteiger partial charge in [0.05, 0.1) is 11.2 Å². The van der Waals surface area contributed by atoms with E-state index in [9.17, 15) is 0 Å². The van der Waals surface area contributed by atoms with Crippen LogP contribution in [0, 0.1) is 5.92 Å². The van der Waals surface area contributed by atoms with Gasteiger partial charge < -0.3 is 19.9 Å². The molecule has 1 N–H and O–H groups in total. The van der Waals surface area contributed by atoms with Gasteiger partial charge in [-0.05, 0) is 61.3 Å². The molecule has 2 heterocycles. The van der Waals surface area contributed by atoms with E-state index in [0.717, 1.165) is 6.54 Å². The van der Waals surface area contributed by atoms with Crippen molar-refractivity contribution in [2.24, 2.45) is 5.92 Å². The smallest absolute Gasteiger partial charge is 0.0790 e. The van der Waals surface area contributed by atoms with Gasteiger partial charge in [-0.3, -0.25) is 0 Å². The largest absolute Gasteiger partial charge is 0.368 e. The first-order valence-electron chi connectivity index (χ1n) is 8.04. The normalized spacial score (nSPS) is 35.1. The summed E-state index contributed by atoms with van der Waals surface area (Å²) in [6, 6.07) is 0.415. The number of rotatable bonds is 3. The van der Waals surface area contributed by atoms with Crippen molar-refractivity contribution in [1.29, 1.82) is 0 Å². The Morgan fingerprint density at radius 1 is 1.05 bits per heavy atom. The molecule has 0 amide bonds. The van der Waals surface area contributed by atoms with Gasteiger partial charge in [-0.2, -0.15) is 0 Å². The lowest BCUT2D eigenvalue weighted by Gasteiger charge is -2.33. The number of ether oxygens (including phenoxy) is 1. The van der Waals surface area contributed by atoms with Gasteiger partial charge in [0, 0.05) is 31.6 Å². The fourth-order valence-corrected chi connectivity index (χ4v) is 4.14. The Balaban J connectivity index is 2.06. The van der Waals surface area contributed by atoms with E-state index in [4.69, 9.17) is 4.74 Å². The second kappa shape index (κ2) is 5.91. The van der Waals surface area contributed by atoms with Crippen molar-refractivity contribution in [2.75, 3.05) is 46.8 Å². The number of likely N-dealkylation sites (N-methyl/N-ethyl adjacent to an activating group) is 2. The SMILES string of the molecule is CNC1C(CN2CCCN(C)CC2)C(C)(C)OC1(C)C. The highest BCUT2D eigenvalue weighted by Crippen LogP contribution is 2.42. The fraction of sp³-hybridized carbons (Fsp3) is 1.00. The molecule has 2 rings (SSSR count). The van der Waals surface area contributed by atoms with Gasteiger partial charge in [0.1, 0.15) is 0 Å². The lowest BCUT2D eigenvalue weighted by Crippen LogP contribution is -2.50. The molecule has 0 aliphatic carbocycles. The average Bonchev–Trinajstić information content (AvgIpc) is 2.45. The van der Waals surface area contributed by atoms with E-state index in [1.54, 1.807) is 0 Å². The second-order valence-electron chi connectivity index (χ2n) is 7.64. The molecule has 0 aromatic rings. The third-order valence-electron chi connectivity index (χ3n) is 5.15. The number of hydrogen-bond donors (Lipinski definition) is 1. The van der Waals surface area contributed by atoms with Crippen molar-refractivity contribution < 1.29 is 4.74 Å². The summed E-state index contributed by atoms with van der Waals surface area (Å²) >= 11 is 0. The Kier molecular flexibility index (Phi) is 4.80. The van der Waals surface area contributed by atoms with Gasteiger partial charge in [0.2, 0.25) is 0 Å². The van der Waals surface area contributed by atoms with E-state index in [-0.39, 0.29) is 11.2 Å². The maximum atomic E-state index is 6.35. The van der Waals surface area contributed by atoms with Gasteiger partial charge in [0.25, 0.3) is 0 Å². The Morgan fingerprint density at radius 2 is 1.75 bits per heavy atom. The molecule has 118 valence electrons. The first-order valence-corrected chi connectivity index (χ1v) is 8.04. The highest BCUT2D eigenvalue weighted by molar-refractivity contribution is 5.05. The summed E-state index contributed by atoms with van der Waals surface area (Å²) in [6.07, 6.45) is 1.28. The standard InChI is InChI=1S/C16H33N3O/c1-15(2)13(14(17-5)16(3,4)20-15)12-19-9-7-8-18(6)10-11-19/h13-14,17H,7-12H2,1-6H3. The molecular formula is C16H33N3O. The van der Waals surface area contributed by atoms with Crippen molar-refractivity contribution >= 4 is 0 Å². The first-order chi connectivity index (χ1) is 9.26. The van der Waals surface area contributed by atoms with Crippen molar-refractivity contribution in [2.45, 2.75) is 51.4 Å². The van der Waals surface area contributed by atoms with Crippen molar-refractivity contribution in [1.82, 2.24) is 15.1 Å². The summed E-state index contributed by atoms with van der Waals surface area (Å²) in [5.74, 6) is 0.533. The number of nitrogens with one attached hydrogen (secondary N) is 1. The molecular weight excluding hydrogens is 250 g/mol. The Morgan fingerprint density at radius 3 is 2.40 bits per heavy atom. The van der Waals surface area contributed by atoms with Crippen molar-refractivity contribution in [3.8, 4) is 0 Å². The minimum atomic E-state index is -0.0917. The van der Waals surface area contributed by atoms with Crippen LogP contribution in [-0.4, -0.2) is 73.9 Å². The average molecular weight is 283 g/mol. The van der Waals surface area contributed by atoms with Crippen molar-refractivity contribution in [3.63, 3.8) is 0 Å². The van der Waals surface area contributed by atoms with Crippen LogP contribution in [-0.2, 0) is 4.74 Å². The molecule has 0 radical (unpaired) electrons. The molecule has 2 aliphatic rings. The molecule has 0 bridgehead atoms. The summed E-state index contributed by atoms with van der Waals surface area (Å²) < 4.78 is 6.35. The van der Waals surface area contributed by atoms with Gasteiger partial charge in [-0.1, -0.05) is 0 Å². The van der Waals surface area contributed by atoms with Crippen LogP contribution >= 0.6 is 0 Å². The highest BCUT2D eigenvalue weighted by atomic mass is 16.5. The molecule has 2 atom stereocenters. The zero-order valence-corrected chi connectivity index (χ0v) is 14.2. The Bertz CT molecular complexity index is 330. The molecule has 2 fully saturated rings. The van der Waals surface area contributed by atoms with Crippen LogP contribution in [0.15, 0.2) is 0 Å². The summed E-state index contributed by atoms with van der Waals surface area (Å²) in [7, 11) is 4.30. The van der Waals surface area contributed by atoms with Crippen LogP contribution < -0.4 is 5.32 Å². The number of nitrogens with zero attached hydrogens (tertiary/aromatic N) is 2. The van der Waals surface area contributed by atoms with E-state index in [1.807, 2.05) is 0 Å². The van der Waals surface area contributed by atoms with Gasteiger partial charge in [0.15, 0.2) is 0 Å². The molecule has 2 unspecified atom stereocenters. The maximum absolute atomic E-state index is 6.35. The molecule has 4 nitrogen and oxygen atoms in total. The topological polar surface area (TPSA) is 27.7 Å². The second-order valence-corrected chi connectivity index (χ2v) is 7.64. The molecule has 0 aromatic carbocycles. The lowest BCUT2D eigenvalue weighted by molar-refractivity contribution is -0.0793. The minimum absolute atomic E-state index is 0.0601. The molecule has 2 saturated heterocycles. The van der Waals surface area contributed by atoms with Gasteiger partial charge >= 0.3 is 0 Å². The van der Waals surface area contributed by atoms with Crippen molar-refractivity contribution in [3.05, 3.63) is 0 Å². The molecule has 2 aliphatic heterocycles. The fourth-order valence-electron chi connectivity index (χ4n) is 4.14. The van der Waals surface area contributed by atoms with Crippen LogP contribution in [0.2, 0.25) is 0 Å². The van der Waals surface area contributed by atoms with Crippen LogP contribution in [0.25, 0.3) is 0 Å². The van der Waals surface area contributed by atoms with E-state index in [1.165, 1.54) is 32.6 Å². The van der Waals surface area contributed by atoms with Gasteiger partial charge in [-0.15, -0.1) is 0 Å². The van der Waals surface area contributed by atoms with E-state index < -0.39 is 0 Å². The molecule has 0 aromatic heterocycles. The van der Waals surface area contributed by atoms with E-state index in [0.29, 0.717) is 12.0 Å². The summed E-state index contributed by atoms with van der Waals surface area (Å²) in [5.41, 5.74) is -0.152. The molecule has 20 heavy (non-hydrogen) atoms. The van der Waals surface area contributed by atoms with Crippen LogP contribution in [0.1, 0.15) is 34.1 Å². The van der Waals surface area contributed by atoms with Crippen LogP contribution in [0.4, 0.5) is 0 Å². The maximum Gasteiger partial charge on any atom is 0.0790 e. The third-order valence-corrected chi connectivity index (χ3v) is 5.15. The highest BCUT2D eigenvalue weighted by Gasteiger charge is 2.53. The predicted octanol–water partition coefficient (Wildman–Crippen LogP) is 1.42. The zero-order chi connectivity index (χ0) is 15.0. The summed E-state index contributed by atoms with van der Waals surface area (Å²) in [5, 5.41) is 3.51. The first kappa shape index (κ1) is 16.2. The molecule has 4 heteroatoms. The zero-order valence-electron chi connectivity index (χ0n) is 14.2. The Hall–Kier alpha value is -0.160. The minimum Gasteiger partial charge on any atom is -0.368 e. The quantitative estimate of drug-likeness (QED) is 0.848. The summed E-state index contributed by atoms with van der Waals surface area (Å²) in [6.45, 7) is 14.9. The lowest BCUT2D eigenvalue weighted by atomic mass is 9.82. The summed E-state index contributed by atoms with van der Waals surface area (Å²) in [4.78, 5) is 5.07. The third kappa shape index (κ3) is 3.35. The number of hydrogen-bond acceptors (Lipinski definition) is 4. The van der Waals surface area contributed by atoms with Crippen LogP contribution in [0.3, 0.4) is 0 Å². The van der Waals surface area contributed by atoms with E-state index >= 15 is 0 Å². The van der Waals surface area contributed by atoms with Gasteiger partial charge in [-0.25, -0.2) is 0 Å². The van der Waals surface area contributed by atoms with Crippen LogP contribution in [0.5, 0.6) is 0 Å². The predicted molar refractivity (Wildman–Crippen MR) is 84.1 cm³/mol. The molecule has 0 saturated carbocycles. The molecule has 0 spiro atoms. The van der Waals surface area contributed by atoms with E-state index in [2.05, 4.69) is 56.9 Å². The monoisotopic (exact) mass is 283 g/mol. The Labute approximate surface area is 124 Å².